The molecule has 4 rings (SSSR count). The maximum absolute atomic E-state index is 10.6. The van der Waals surface area contributed by atoms with Gasteiger partial charge < -0.3 is 24.0 Å². The second-order valence-corrected chi connectivity index (χ2v) is 9.36. The van der Waals surface area contributed by atoms with Crippen LogP contribution in [-0.2, 0) is 16.0 Å². The summed E-state index contributed by atoms with van der Waals surface area (Å²) in [5, 5.41) is 15.2. The summed E-state index contributed by atoms with van der Waals surface area (Å²) in [5.41, 5.74) is 3.04. The number of nitrogens with zero attached hydrogens (tertiary/aromatic N) is 3. The van der Waals surface area contributed by atoms with Crippen molar-refractivity contribution in [1.82, 2.24) is 10.1 Å². The summed E-state index contributed by atoms with van der Waals surface area (Å²) < 4.78 is 17.5. The molecule has 1 N–H and O–H groups in total. The molecular formula is C26H39N3O4. The molecule has 2 aromatic rings. The molecule has 182 valence electrons. The van der Waals surface area contributed by atoms with Crippen LogP contribution in [0.5, 0.6) is 0 Å². The number of rotatable bonds is 11. The molecule has 0 unspecified atom stereocenters. The van der Waals surface area contributed by atoms with Crippen LogP contribution in [0.1, 0.15) is 51.5 Å². The van der Waals surface area contributed by atoms with Crippen molar-refractivity contribution in [2.24, 2.45) is 0 Å². The third kappa shape index (κ3) is 6.35. The van der Waals surface area contributed by atoms with Crippen molar-refractivity contribution in [1.29, 1.82) is 0 Å². The number of aromatic nitrogens is 1. The number of hydrogen-bond donors (Lipinski definition) is 1. The first-order chi connectivity index (χ1) is 16.2. The maximum Gasteiger partial charge on any atom is 0.232 e. The lowest BCUT2D eigenvalue weighted by Gasteiger charge is -2.34. The van der Waals surface area contributed by atoms with Crippen LogP contribution in [0.2, 0.25) is 0 Å². The molecule has 2 aliphatic heterocycles. The fourth-order valence-corrected chi connectivity index (χ4v) is 5.00. The average Bonchev–Trinajstić information content (AvgIpc) is 3.49. The number of hydrogen-bond acceptors (Lipinski definition) is 7. The highest BCUT2D eigenvalue weighted by Crippen LogP contribution is 2.35. The number of aliphatic hydroxyl groups is 1. The van der Waals surface area contributed by atoms with Crippen molar-refractivity contribution in [3.8, 4) is 11.3 Å². The summed E-state index contributed by atoms with van der Waals surface area (Å²) in [6.45, 7) is 8.90. The minimum absolute atomic E-state index is 0.196. The van der Waals surface area contributed by atoms with Crippen molar-refractivity contribution in [2.45, 2.75) is 70.7 Å². The minimum atomic E-state index is -0.552. The Morgan fingerprint density at radius 2 is 2.06 bits per heavy atom. The van der Waals surface area contributed by atoms with Crippen LogP contribution in [-0.4, -0.2) is 72.9 Å². The number of anilines is 1. The molecule has 33 heavy (non-hydrogen) atoms. The lowest BCUT2D eigenvalue weighted by Crippen LogP contribution is -2.40. The fraction of sp³-hybridized carbons (Fsp3) is 0.654. The van der Waals surface area contributed by atoms with E-state index in [0.717, 1.165) is 68.1 Å². The van der Waals surface area contributed by atoms with Gasteiger partial charge in [-0.05, 0) is 46.0 Å². The van der Waals surface area contributed by atoms with Gasteiger partial charge in [-0.2, -0.15) is 0 Å². The monoisotopic (exact) mass is 457 g/mol. The van der Waals surface area contributed by atoms with Gasteiger partial charge in [-0.25, -0.2) is 0 Å². The largest absolute Gasteiger partial charge is 0.389 e. The zero-order chi connectivity index (χ0) is 23.0. The first-order valence-electron chi connectivity index (χ1n) is 12.6. The molecule has 0 spiro atoms. The molecule has 0 aliphatic carbocycles. The Balaban J connectivity index is 1.62. The van der Waals surface area contributed by atoms with E-state index in [0.29, 0.717) is 32.3 Å². The van der Waals surface area contributed by atoms with Crippen LogP contribution in [0.3, 0.4) is 0 Å². The second kappa shape index (κ2) is 12.0. The molecular weight excluding hydrogens is 418 g/mol. The molecule has 1 aromatic carbocycles. The van der Waals surface area contributed by atoms with Gasteiger partial charge in [0.1, 0.15) is 5.69 Å². The van der Waals surface area contributed by atoms with Gasteiger partial charge in [0.25, 0.3) is 0 Å². The topological polar surface area (TPSA) is 71.2 Å². The van der Waals surface area contributed by atoms with Gasteiger partial charge in [0.2, 0.25) is 5.88 Å². The number of aliphatic hydroxyl groups excluding tert-OH is 1. The summed E-state index contributed by atoms with van der Waals surface area (Å²) in [6.07, 6.45) is 5.38. The lowest BCUT2D eigenvalue weighted by molar-refractivity contribution is 0.00518. The van der Waals surface area contributed by atoms with Gasteiger partial charge in [0.05, 0.1) is 24.4 Å². The quantitative estimate of drug-likeness (QED) is 0.545. The first-order valence-corrected chi connectivity index (χ1v) is 12.6. The molecule has 0 radical (unpaired) electrons. The Hall–Kier alpha value is -1.93. The molecule has 0 bridgehead atoms. The van der Waals surface area contributed by atoms with Gasteiger partial charge >= 0.3 is 0 Å². The van der Waals surface area contributed by atoms with Crippen molar-refractivity contribution in [2.75, 3.05) is 44.4 Å². The molecule has 3 heterocycles. The highest BCUT2D eigenvalue weighted by atomic mass is 16.5. The SMILES string of the molecule is CCOC[C@H](O)CN(Cc1c(-c2ccccc2)noc1N1CCCC[C@H]1C)C[C@@H]1CCCO1. The first kappa shape index (κ1) is 24.2. The van der Waals surface area contributed by atoms with Gasteiger partial charge in [-0.15, -0.1) is 0 Å². The fourth-order valence-electron chi connectivity index (χ4n) is 5.00. The maximum atomic E-state index is 10.6. The van der Waals surface area contributed by atoms with E-state index in [2.05, 4.69) is 34.0 Å². The molecule has 2 aliphatic rings. The van der Waals surface area contributed by atoms with E-state index in [1.165, 1.54) is 6.42 Å². The van der Waals surface area contributed by atoms with E-state index in [1.54, 1.807) is 0 Å². The summed E-state index contributed by atoms with van der Waals surface area (Å²) >= 11 is 0. The summed E-state index contributed by atoms with van der Waals surface area (Å²) in [4.78, 5) is 4.66. The van der Waals surface area contributed by atoms with Crippen molar-refractivity contribution < 1.29 is 19.1 Å². The Morgan fingerprint density at radius 1 is 1.21 bits per heavy atom. The molecule has 1 aromatic heterocycles. The van der Waals surface area contributed by atoms with Crippen LogP contribution >= 0.6 is 0 Å². The van der Waals surface area contributed by atoms with Crippen LogP contribution in [0.4, 0.5) is 5.88 Å². The van der Waals surface area contributed by atoms with Gasteiger partial charge in [0, 0.05) is 51.0 Å². The molecule has 7 nitrogen and oxygen atoms in total. The zero-order valence-electron chi connectivity index (χ0n) is 20.1. The van der Waals surface area contributed by atoms with E-state index in [9.17, 15) is 5.11 Å². The van der Waals surface area contributed by atoms with Crippen molar-refractivity contribution in [3.05, 3.63) is 35.9 Å². The Bertz CT molecular complexity index is 837. The number of piperidine rings is 1. The van der Waals surface area contributed by atoms with E-state index in [-0.39, 0.29) is 6.10 Å². The molecule has 2 saturated heterocycles. The van der Waals surface area contributed by atoms with E-state index in [4.69, 9.17) is 14.0 Å². The van der Waals surface area contributed by atoms with Crippen LogP contribution in [0.15, 0.2) is 34.9 Å². The molecule has 7 heteroatoms. The highest BCUT2D eigenvalue weighted by Gasteiger charge is 2.30. The smallest absolute Gasteiger partial charge is 0.232 e. The minimum Gasteiger partial charge on any atom is -0.389 e. The highest BCUT2D eigenvalue weighted by molar-refractivity contribution is 5.68. The average molecular weight is 458 g/mol. The summed E-state index contributed by atoms with van der Waals surface area (Å²) in [7, 11) is 0. The third-order valence-electron chi connectivity index (χ3n) is 6.73. The normalized spacial score (nSPS) is 22.2. The molecule has 0 amide bonds. The summed E-state index contributed by atoms with van der Waals surface area (Å²) in [5.74, 6) is 0.873. The Kier molecular flexibility index (Phi) is 8.78. The van der Waals surface area contributed by atoms with Crippen LogP contribution in [0, 0.1) is 0 Å². The number of ether oxygens (including phenoxy) is 2. The van der Waals surface area contributed by atoms with E-state index < -0.39 is 6.10 Å². The van der Waals surface area contributed by atoms with Crippen LogP contribution in [0.25, 0.3) is 11.3 Å². The second-order valence-electron chi connectivity index (χ2n) is 9.36. The Morgan fingerprint density at radius 3 is 2.79 bits per heavy atom. The molecule has 0 saturated carbocycles. The van der Waals surface area contributed by atoms with Crippen LogP contribution < -0.4 is 4.90 Å². The zero-order valence-corrected chi connectivity index (χ0v) is 20.1. The molecule has 2 fully saturated rings. The predicted octanol–water partition coefficient (Wildman–Crippen LogP) is 4.10. The van der Waals surface area contributed by atoms with Gasteiger partial charge in [-0.3, -0.25) is 4.90 Å². The standard InChI is InChI=1S/C26H39N3O4/c1-3-31-19-22(30)16-28(17-23-13-9-15-32-23)18-24-25(21-11-5-4-6-12-21)27-33-26(24)29-14-8-7-10-20(29)2/h4-6,11-12,20,22-23,30H,3,7-10,13-19H2,1-2H3/t20-,22-,23+/m1/s1. The summed E-state index contributed by atoms with van der Waals surface area (Å²) in [6, 6.07) is 10.7. The van der Waals surface area contributed by atoms with Crippen molar-refractivity contribution in [3.63, 3.8) is 0 Å². The van der Waals surface area contributed by atoms with E-state index >= 15 is 0 Å². The Labute approximate surface area is 197 Å². The third-order valence-corrected chi connectivity index (χ3v) is 6.73. The predicted molar refractivity (Wildman–Crippen MR) is 129 cm³/mol. The van der Waals surface area contributed by atoms with Crippen molar-refractivity contribution >= 4 is 5.88 Å². The van der Waals surface area contributed by atoms with Gasteiger partial charge in [-0.1, -0.05) is 35.5 Å². The number of benzene rings is 1. The van der Waals surface area contributed by atoms with Gasteiger partial charge in [0.15, 0.2) is 0 Å². The van der Waals surface area contributed by atoms with E-state index in [1.807, 2.05) is 25.1 Å². The molecule has 3 atom stereocenters. The lowest BCUT2D eigenvalue weighted by atomic mass is 10.0.